The van der Waals surface area contributed by atoms with Crippen LogP contribution in [0, 0.1) is 5.92 Å². The summed E-state index contributed by atoms with van der Waals surface area (Å²) in [5.74, 6) is 3.41. The van der Waals surface area contributed by atoms with E-state index in [-0.39, 0.29) is 0 Å². The van der Waals surface area contributed by atoms with Gasteiger partial charge in [0.15, 0.2) is 0 Å². The van der Waals surface area contributed by atoms with Gasteiger partial charge in [-0.15, -0.1) is 11.6 Å². The van der Waals surface area contributed by atoms with E-state index in [0.29, 0.717) is 11.9 Å². The lowest BCUT2D eigenvalue weighted by molar-refractivity contribution is 0.415. The fourth-order valence-corrected chi connectivity index (χ4v) is 3.28. The molecule has 1 aliphatic carbocycles. The van der Waals surface area contributed by atoms with Crippen LogP contribution in [0.15, 0.2) is 18.2 Å². The lowest BCUT2D eigenvalue weighted by Gasteiger charge is -2.08. The van der Waals surface area contributed by atoms with Gasteiger partial charge in [0.25, 0.3) is 0 Å². The molecule has 2 atom stereocenters. The standard InChI is InChI=1S/C16H21ClN2O/c1-3-4-11-9-15(11)19-14-6-5-12(20-2)10-13(14)18-16(19)7-8-17/h5-6,10-11,15H,3-4,7-9H2,1-2H3. The van der Waals surface area contributed by atoms with Crippen LogP contribution in [0.25, 0.3) is 11.0 Å². The topological polar surface area (TPSA) is 27.1 Å². The predicted molar refractivity (Wildman–Crippen MR) is 82.8 cm³/mol. The fraction of sp³-hybridized carbons (Fsp3) is 0.562. The lowest BCUT2D eigenvalue weighted by Crippen LogP contribution is -2.04. The maximum absolute atomic E-state index is 5.94. The van der Waals surface area contributed by atoms with Crippen molar-refractivity contribution in [1.82, 2.24) is 9.55 Å². The third-order valence-electron chi connectivity index (χ3n) is 4.16. The number of alkyl halides is 1. The Labute approximate surface area is 124 Å². The molecule has 0 spiro atoms. The summed E-state index contributed by atoms with van der Waals surface area (Å²) in [6.07, 6.45) is 4.67. The summed E-state index contributed by atoms with van der Waals surface area (Å²) in [7, 11) is 1.69. The van der Waals surface area contributed by atoms with Gasteiger partial charge in [0, 0.05) is 24.4 Å². The lowest BCUT2D eigenvalue weighted by atomic mass is 10.2. The highest BCUT2D eigenvalue weighted by Crippen LogP contribution is 2.48. The van der Waals surface area contributed by atoms with Gasteiger partial charge < -0.3 is 9.30 Å². The molecule has 3 rings (SSSR count). The van der Waals surface area contributed by atoms with Crippen LogP contribution >= 0.6 is 11.6 Å². The average molecular weight is 293 g/mol. The van der Waals surface area contributed by atoms with Crippen molar-refractivity contribution in [1.29, 1.82) is 0 Å². The van der Waals surface area contributed by atoms with Crippen molar-refractivity contribution in [2.75, 3.05) is 13.0 Å². The molecule has 0 saturated heterocycles. The van der Waals surface area contributed by atoms with E-state index in [1.165, 1.54) is 24.8 Å². The van der Waals surface area contributed by atoms with Gasteiger partial charge in [-0.1, -0.05) is 13.3 Å². The molecule has 0 bridgehead atoms. The highest BCUT2D eigenvalue weighted by atomic mass is 35.5. The molecule has 1 aliphatic rings. The predicted octanol–water partition coefficient (Wildman–Crippen LogP) is 4.19. The number of imidazole rings is 1. The van der Waals surface area contributed by atoms with Crippen molar-refractivity contribution in [2.45, 2.75) is 38.6 Å². The van der Waals surface area contributed by atoms with E-state index in [2.05, 4.69) is 17.6 Å². The Balaban J connectivity index is 2.01. The molecule has 1 aromatic heterocycles. The van der Waals surface area contributed by atoms with E-state index in [1.807, 2.05) is 12.1 Å². The van der Waals surface area contributed by atoms with Crippen LogP contribution in [0.2, 0.25) is 0 Å². The minimum Gasteiger partial charge on any atom is -0.497 e. The first-order valence-corrected chi connectivity index (χ1v) is 7.92. The van der Waals surface area contributed by atoms with Crippen LogP contribution < -0.4 is 4.74 Å². The average Bonchev–Trinajstić information content (AvgIpc) is 3.11. The first-order chi connectivity index (χ1) is 9.78. The third-order valence-corrected chi connectivity index (χ3v) is 4.35. The van der Waals surface area contributed by atoms with Crippen LogP contribution in [-0.4, -0.2) is 22.5 Å². The Morgan fingerprint density at radius 1 is 1.45 bits per heavy atom. The molecule has 20 heavy (non-hydrogen) atoms. The normalized spacial score (nSPS) is 21.4. The molecule has 0 aliphatic heterocycles. The molecule has 4 heteroatoms. The number of benzene rings is 1. The molecule has 0 radical (unpaired) electrons. The van der Waals surface area contributed by atoms with Crippen molar-refractivity contribution < 1.29 is 4.74 Å². The van der Waals surface area contributed by atoms with E-state index in [4.69, 9.17) is 21.3 Å². The van der Waals surface area contributed by atoms with Crippen molar-refractivity contribution in [2.24, 2.45) is 5.92 Å². The fourth-order valence-electron chi connectivity index (χ4n) is 3.12. The maximum Gasteiger partial charge on any atom is 0.121 e. The van der Waals surface area contributed by atoms with Gasteiger partial charge >= 0.3 is 0 Å². The monoisotopic (exact) mass is 292 g/mol. The largest absolute Gasteiger partial charge is 0.497 e. The molecular formula is C16H21ClN2O. The summed E-state index contributed by atoms with van der Waals surface area (Å²) < 4.78 is 7.71. The minimum atomic E-state index is 0.617. The molecule has 2 aromatic rings. The zero-order valence-corrected chi connectivity index (χ0v) is 12.9. The molecule has 108 valence electrons. The van der Waals surface area contributed by atoms with E-state index in [9.17, 15) is 0 Å². The van der Waals surface area contributed by atoms with Crippen LogP contribution in [0.4, 0.5) is 0 Å². The van der Waals surface area contributed by atoms with Gasteiger partial charge in [0.2, 0.25) is 0 Å². The van der Waals surface area contributed by atoms with E-state index in [0.717, 1.165) is 29.4 Å². The van der Waals surface area contributed by atoms with Crippen molar-refractivity contribution >= 4 is 22.6 Å². The number of aromatic nitrogens is 2. The first kappa shape index (κ1) is 13.7. The number of ether oxygens (including phenoxy) is 1. The summed E-state index contributed by atoms with van der Waals surface area (Å²) in [4.78, 5) is 4.77. The second-order valence-corrected chi connectivity index (χ2v) is 5.92. The zero-order valence-electron chi connectivity index (χ0n) is 12.1. The van der Waals surface area contributed by atoms with E-state index < -0.39 is 0 Å². The first-order valence-electron chi connectivity index (χ1n) is 7.39. The van der Waals surface area contributed by atoms with E-state index in [1.54, 1.807) is 7.11 Å². The number of hydrogen-bond acceptors (Lipinski definition) is 2. The number of aryl methyl sites for hydroxylation is 1. The zero-order chi connectivity index (χ0) is 14.1. The molecule has 3 nitrogen and oxygen atoms in total. The van der Waals surface area contributed by atoms with Crippen molar-refractivity contribution in [3.05, 3.63) is 24.0 Å². The number of rotatable bonds is 6. The summed E-state index contributed by atoms with van der Waals surface area (Å²) in [6, 6.07) is 6.77. The molecule has 1 fully saturated rings. The highest BCUT2D eigenvalue weighted by Gasteiger charge is 2.39. The van der Waals surface area contributed by atoms with Gasteiger partial charge in [-0.25, -0.2) is 4.98 Å². The summed E-state index contributed by atoms with van der Waals surface area (Å²) >= 11 is 5.94. The second-order valence-electron chi connectivity index (χ2n) is 5.54. The number of fused-ring (bicyclic) bond motifs is 1. The van der Waals surface area contributed by atoms with Gasteiger partial charge in [-0.3, -0.25) is 0 Å². The van der Waals surface area contributed by atoms with Crippen molar-refractivity contribution in [3.63, 3.8) is 0 Å². The number of halogens is 1. The Kier molecular flexibility index (Phi) is 3.88. The maximum atomic E-state index is 5.94. The summed E-state index contributed by atoms with van der Waals surface area (Å²) in [6.45, 7) is 2.26. The minimum absolute atomic E-state index is 0.617. The van der Waals surface area contributed by atoms with Crippen LogP contribution in [0.3, 0.4) is 0 Å². The Morgan fingerprint density at radius 2 is 2.30 bits per heavy atom. The van der Waals surface area contributed by atoms with E-state index >= 15 is 0 Å². The number of hydrogen-bond donors (Lipinski definition) is 0. The molecule has 1 aromatic carbocycles. The SMILES string of the molecule is CCCC1CC1n1c(CCCl)nc2cc(OC)ccc21. The van der Waals surface area contributed by atoms with Crippen LogP contribution in [0.1, 0.15) is 38.1 Å². The molecule has 0 amide bonds. The smallest absolute Gasteiger partial charge is 0.121 e. The van der Waals surface area contributed by atoms with Gasteiger partial charge in [-0.05, 0) is 30.9 Å². The summed E-state index contributed by atoms with van der Waals surface area (Å²) in [5, 5.41) is 0. The number of methoxy groups -OCH3 is 1. The third kappa shape index (κ3) is 2.39. The second kappa shape index (κ2) is 5.65. The highest BCUT2D eigenvalue weighted by molar-refractivity contribution is 6.17. The quantitative estimate of drug-likeness (QED) is 0.747. The number of nitrogens with zero attached hydrogens (tertiary/aromatic N) is 2. The van der Waals surface area contributed by atoms with Crippen LogP contribution in [0.5, 0.6) is 5.75 Å². The van der Waals surface area contributed by atoms with Crippen molar-refractivity contribution in [3.8, 4) is 5.75 Å². The van der Waals surface area contributed by atoms with Gasteiger partial charge in [-0.2, -0.15) is 0 Å². The molecular weight excluding hydrogens is 272 g/mol. The molecule has 1 heterocycles. The van der Waals surface area contributed by atoms with Gasteiger partial charge in [0.05, 0.1) is 18.1 Å². The Morgan fingerprint density at radius 3 is 3.00 bits per heavy atom. The summed E-state index contributed by atoms with van der Waals surface area (Å²) in [5.41, 5.74) is 2.24. The van der Waals surface area contributed by atoms with Crippen LogP contribution in [-0.2, 0) is 6.42 Å². The molecule has 1 saturated carbocycles. The molecule has 0 N–H and O–H groups in total. The Hall–Kier alpha value is -1.22. The van der Waals surface area contributed by atoms with Gasteiger partial charge in [0.1, 0.15) is 11.6 Å². The molecule has 2 unspecified atom stereocenters. The Bertz CT molecular complexity index is 608.